The number of alkyl halides is 1. The molecule has 0 saturated carbocycles. The van der Waals surface area contributed by atoms with Crippen molar-refractivity contribution in [2.24, 2.45) is 0 Å². The van der Waals surface area contributed by atoms with Crippen molar-refractivity contribution in [2.75, 3.05) is 26.5 Å². The first-order chi connectivity index (χ1) is 13.0. The highest BCUT2D eigenvalue weighted by molar-refractivity contribution is 6.17. The molecule has 1 N–H and O–H groups in total. The highest BCUT2D eigenvalue weighted by atomic mass is 35.5. The lowest BCUT2D eigenvalue weighted by Crippen LogP contribution is -2.15. The lowest BCUT2D eigenvalue weighted by atomic mass is 10.0. The van der Waals surface area contributed by atoms with Crippen LogP contribution in [0.25, 0.3) is 0 Å². The van der Waals surface area contributed by atoms with Crippen LogP contribution in [0.4, 0.5) is 0 Å². The molecule has 0 rings (SSSR count). The molecule has 0 aliphatic rings. The number of nitrogens with zero attached hydrogens (tertiary/aromatic N) is 1. The first kappa shape index (κ1) is 28.7. The number of aliphatic carboxylic acids is 1. The van der Waals surface area contributed by atoms with E-state index in [-0.39, 0.29) is 5.57 Å². The maximum atomic E-state index is 10.2. The third kappa shape index (κ3) is 27.8. The number of carboxylic acid groups (broad SMARTS) is 1. The van der Waals surface area contributed by atoms with Gasteiger partial charge in [0, 0.05) is 18.0 Å². The summed E-state index contributed by atoms with van der Waals surface area (Å²) in [5.74, 6) is -0.0558. The van der Waals surface area contributed by atoms with E-state index >= 15 is 0 Å². The summed E-state index contributed by atoms with van der Waals surface area (Å²) in [5.41, 5.74) is 0.272. The van der Waals surface area contributed by atoms with Crippen molar-refractivity contribution in [2.45, 2.75) is 103 Å². The minimum absolute atomic E-state index is 0.272. The van der Waals surface area contributed by atoms with Crippen LogP contribution in [0.1, 0.15) is 103 Å². The van der Waals surface area contributed by atoms with Gasteiger partial charge in [-0.05, 0) is 26.9 Å². The third-order valence-electron chi connectivity index (χ3n) is 4.65. The first-order valence-corrected chi connectivity index (χ1v) is 11.6. The van der Waals surface area contributed by atoms with Crippen LogP contribution < -0.4 is 0 Å². The largest absolute Gasteiger partial charge is 0.478 e. The Hall–Kier alpha value is -0.540. The van der Waals surface area contributed by atoms with E-state index in [1.807, 2.05) is 19.0 Å². The molecule has 0 bridgehead atoms. The average Bonchev–Trinajstić information content (AvgIpc) is 2.64. The van der Waals surface area contributed by atoms with Crippen LogP contribution in [0.15, 0.2) is 12.2 Å². The summed E-state index contributed by atoms with van der Waals surface area (Å²) in [5, 5.41) is 8.38. The summed E-state index contributed by atoms with van der Waals surface area (Å²) in [6.07, 6.45) is 20.4. The molecular formula is C23H46ClNO2. The first-order valence-electron chi connectivity index (χ1n) is 11.1. The predicted molar refractivity (Wildman–Crippen MR) is 121 cm³/mol. The van der Waals surface area contributed by atoms with E-state index in [1.54, 1.807) is 0 Å². The minimum Gasteiger partial charge on any atom is -0.478 e. The number of carboxylic acids is 1. The monoisotopic (exact) mass is 403 g/mol. The Labute approximate surface area is 174 Å². The highest BCUT2D eigenvalue weighted by Crippen LogP contribution is 2.12. The summed E-state index contributed by atoms with van der Waals surface area (Å²) >= 11 is 5.64. The number of unbranched alkanes of at least 4 members (excludes halogenated alkanes) is 13. The van der Waals surface area contributed by atoms with Crippen LogP contribution in [0, 0.1) is 0 Å². The molecule has 0 radical (unpaired) electrons. The molecule has 0 heterocycles. The predicted octanol–water partition coefficient (Wildman–Crippen LogP) is 7.29. The topological polar surface area (TPSA) is 40.5 Å². The summed E-state index contributed by atoms with van der Waals surface area (Å²) < 4.78 is 0. The SMILES string of the molecule is C=C(CCN(C)C)C(=O)O.CCCCCCCCCCCCCCCCCl. The second-order valence-corrected chi connectivity index (χ2v) is 8.13. The van der Waals surface area contributed by atoms with E-state index in [2.05, 4.69) is 13.5 Å². The van der Waals surface area contributed by atoms with E-state index in [0.717, 1.165) is 12.4 Å². The molecule has 0 aromatic heterocycles. The van der Waals surface area contributed by atoms with Gasteiger partial charge in [-0.3, -0.25) is 0 Å². The smallest absolute Gasteiger partial charge is 0.331 e. The summed E-state index contributed by atoms with van der Waals surface area (Å²) in [4.78, 5) is 12.1. The Morgan fingerprint density at radius 2 is 1.19 bits per heavy atom. The van der Waals surface area contributed by atoms with Crippen molar-refractivity contribution < 1.29 is 9.90 Å². The third-order valence-corrected chi connectivity index (χ3v) is 4.92. The molecule has 27 heavy (non-hydrogen) atoms. The van der Waals surface area contributed by atoms with Gasteiger partial charge in [0.25, 0.3) is 0 Å². The molecule has 0 amide bonds. The molecule has 3 nitrogen and oxygen atoms in total. The second kappa shape index (κ2) is 23.5. The van der Waals surface area contributed by atoms with Gasteiger partial charge in [0.15, 0.2) is 0 Å². The lowest BCUT2D eigenvalue weighted by Gasteiger charge is -2.07. The van der Waals surface area contributed by atoms with Crippen LogP contribution in [0.2, 0.25) is 0 Å². The maximum absolute atomic E-state index is 10.2. The molecular weight excluding hydrogens is 358 g/mol. The van der Waals surface area contributed by atoms with Crippen LogP contribution in [0.5, 0.6) is 0 Å². The maximum Gasteiger partial charge on any atom is 0.331 e. The van der Waals surface area contributed by atoms with Gasteiger partial charge < -0.3 is 10.0 Å². The highest BCUT2D eigenvalue weighted by Gasteiger charge is 2.02. The zero-order valence-electron chi connectivity index (χ0n) is 18.4. The Morgan fingerprint density at radius 3 is 1.48 bits per heavy atom. The van der Waals surface area contributed by atoms with Gasteiger partial charge in [-0.25, -0.2) is 4.79 Å². The fourth-order valence-electron chi connectivity index (χ4n) is 2.75. The zero-order chi connectivity index (χ0) is 20.8. The fourth-order valence-corrected chi connectivity index (χ4v) is 2.94. The van der Waals surface area contributed by atoms with Gasteiger partial charge in [-0.2, -0.15) is 0 Å². The molecule has 0 atom stereocenters. The number of hydrogen-bond acceptors (Lipinski definition) is 2. The zero-order valence-corrected chi connectivity index (χ0v) is 19.2. The standard InChI is InChI=1S/C16H33Cl.C7H13NO2/c1-2-3-4-5-6-7-8-9-10-11-12-13-14-15-16-17;1-6(7(9)10)4-5-8(2)3/h2-16H2,1H3;1,4-5H2,2-3H3,(H,9,10). The van der Waals surface area contributed by atoms with Gasteiger partial charge in [-0.15, -0.1) is 11.6 Å². The van der Waals surface area contributed by atoms with Gasteiger partial charge >= 0.3 is 5.97 Å². The number of hydrogen-bond donors (Lipinski definition) is 1. The number of rotatable bonds is 18. The van der Waals surface area contributed by atoms with Crippen molar-refractivity contribution in [3.8, 4) is 0 Å². The van der Waals surface area contributed by atoms with Gasteiger partial charge in [0.2, 0.25) is 0 Å². The average molecular weight is 404 g/mol. The molecule has 0 aliphatic carbocycles. The van der Waals surface area contributed by atoms with Crippen molar-refractivity contribution in [3.05, 3.63) is 12.2 Å². The Balaban J connectivity index is 0. The van der Waals surface area contributed by atoms with E-state index < -0.39 is 5.97 Å². The van der Waals surface area contributed by atoms with E-state index in [9.17, 15) is 4.79 Å². The quantitative estimate of drug-likeness (QED) is 0.148. The van der Waals surface area contributed by atoms with Crippen LogP contribution in [-0.2, 0) is 4.79 Å². The van der Waals surface area contributed by atoms with Gasteiger partial charge in [-0.1, -0.05) is 97.0 Å². The molecule has 0 aromatic carbocycles. The molecule has 0 spiro atoms. The summed E-state index contributed by atoms with van der Waals surface area (Å²) in [6, 6.07) is 0. The van der Waals surface area contributed by atoms with E-state index in [4.69, 9.17) is 16.7 Å². The van der Waals surface area contributed by atoms with Crippen molar-refractivity contribution in [1.82, 2.24) is 4.90 Å². The van der Waals surface area contributed by atoms with E-state index in [1.165, 1.54) is 89.9 Å². The molecule has 0 fully saturated rings. The van der Waals surface area contributed by atoms with Crippen LogP contribution in [-0.4, -0.2) is 42.5 Å². The normalized spacial score (nSPS) is 10.6. The molecule has 162 valence electrons. The molecule has 0 aromatic rings. The fraction of sp³-hybridized carbons (Fsp3) is 0.870. The van der Waals surface area contributed by atoms with Gasteiger partial charge in [0.1, 0.15) is 0 Å². The van der Waals surface area contributed by atoms with Crippen molar-refractivity contribution >= 4 is 17.6 Å². The molecule has 4 heteroatoms. The summed E-state index contributed by atoms with van der Waals surface area (Å²) in [7, 11) is 3.80. The Morgan fingerprint density at radius 1 is 0.815 bits per heavy atom. The molecule has 0 saturated heterocycles. The number of halogens is 1. The van der Waals surface area contributed by atoms with Crippen LogP contribution >= 0.6 is 11.6 Å². The molecule has 0 aliphatic heterocycles. The van der Waals surface area contributed by atoms with Gasteiger partial charge in [0.05, 0.1) is 0 Å². The van der Waals surface area contributed by atoms with Crippen LogP contribution in [0.3, 0.4) is 0 Å². The molecule has 0 unspecified atom stereocenters. The Kier molecular flexibility index (Phi) is 25.0. The van der Waals surface area contributed by atoms with Crippen molar-refractivity contribution in [1.29, 1.82) is 0 Å². The number of carbonyl (C=O) groups is 1. The second-order valence-electron chi connectivity index (χ2n) is 7.75. The van der Waals surface area contributed by atoms with E-state index in [0.29, 0.717) is 6.42 Å². The summed E-state index contributed by atoms with van der Waals surface area (Å²) in [6.45, 7) is 6.43. The lowest BCUT2D eigenvalue weighted by molar-refractivity contribution is -0.132. The Bertz CT molecular complexity index is 318. The van der Waals surface area contributed by atoms with Crippen molar-refractivity contribution in [3.63, 3.8) is 0 Å². The minimum atomic E-state index is -0.901.